The summed E-state index contributed by atoms with van der Waals surface area (Å²) in [6.45, 7) is 1.87. The number of hydrogen-bond donors (Lipinski definition) is 1. The lowest BCUT2D eigenvalue weighted by atomic mass is 10.1. The van der Waals surface area contributed by atoms with Crippen LogP contribution in [0.25, 0.3) is 0 Å². The van der Waals surface area contributed by atoms with Crippen LogP contribution in [0.1, 0.15) is 12.5 Å². The molecule has 0 spiro atoms. The van der Waals surface area contributed by atoms with Crippen molar-refractivity contribution in [3.05, 3.63) is 58.6 Å². The monoisotopic (exact) mass is 404 g/mol. The van der Waals surface area contributed by atoms with Gasteiger partial charge in [-0.1, -0.05) is 37.3 Å². The van der Waals surface area contributed by atoms with Crippen molar-refractivity contribution in [2.75, 3.05) is 25.5 Å². The van der Waals surface area contributed by atoms with Crippen molar-refractivity contribution in [3.63, 3.8) is 0 Å². The fraction of sp³-hybridized carbons (Fsp3) is 0.263. The van der Waals surface area contributed by atoms with Gasteiger partial charge in [0, 0.05) is 12.7 Å². The molecule has 0 fully saturated rings. The van der Waals surface area contributed by atoms with Crippen molar-refractivity contribution >= 4 is 33.4 Å². The normalized spacial score (nSPS) is 10.2. The number of benzene rings is 2. The zero-order valence-electron chi connectivity index (χ0n) is 14.3. The summed E-state index contributed by atoms with van der Waals surface area (Å²) in [7, 11) is 1.58. The molecule has 132 valence electrons. The van der Waals surface area contributed by atoms with Gasteiger partial charge >= 0.3 is 0 Å². The fourth-order valence-corrected chi connectivity index (χ4v) is 2.65. The van der Waals surface area contributed by atoms with Crippen molar-refractivity contribution in [2.45, 2.75) is 13.3 Å². The third-order valence-electron chi connectivity index (χ3n) is 3.67. The molecule has 0 atom stereocenters. The summed E-state index contributed by atoms with van der Waals surface area (Å²) in [6, 6.07) is 14.9. The maximum atomic E-state index is 12.2. The number of nitrogens with zero attached hydrogens (tertiary/aromatic N) is 1. The zero-order chi connectivity index (χ0) is 18.2. The predicted molar refractivity (Wildman–Crippen MR) is 102 cm³/mol. The lowest BCUT2D eigenvalue weighted by Crippen LogP contribution is -2.37. The largest absolute Gasteiger partial charge is 0.483 e. The summed E-state index contributed by atoms with van der Waals surface area (Å²) >= 11 is 3.36. The first-order valence-corrected chi connectivity index (χ1v) is 8.79. The second-order valence-electron chi connectivity index (χ2n) is 5.53. The lowest BCUT2D eigenvalue weighted by Gasteiger charge is -2.18. The first-order valence-electron chi connectivity index (χ1n) is 8.00. The molecule has 2 aromatic rings. The minimum Gasteiger partial charge on any atom is -0.483 e. The number of anilines is 1. The molecule has 6 heteroatoms. The molecule has 0 unspecified atom stereocenters. The number of nitrogens with one attached hydrogen (secondary N) is 1. The molecule has 25 heavy (non-hydrogen) atoms. The number of likely N-dealkylation sites (N-methyl/N-ethyl adjacent to an activating group) is 1. The number of aryl methyl sites for hydroxylation is 1. The van der Waals surface area contributed by atoms with E-state index in [4.69, 9.17) is 4.74 Å². The van der Waals surface area contributed by atoms with Gasteiger partial charge in [-0.15, -0.1) is 0 Å². The van der Waals surface area contributed by atoms with E-state index in [0.29, 0.717) is 5.75 Å². The van der Waals surface area contributed by atoms with Gasteiger partial charge in [0.2, 0.25) is 5.91 Å². The van der Waals surface area contributed by atoms with Crippen molar-refractivity contribution in [1.29, 1.82) is 0 Å². The van der Waals surface area contributed by atoms with E-state index < -0.39 is 0 Å². The van der Waals surface area contributed by atoms with E-state index in [0.717, 1.165) is 22.1 Å². The zero-order valence-corrected chi connectivity index (χ0v) is 15.9. The molecule has 2 rings (SSSR count). The van der Waals surface area contributed by atoms with Crippen molar-refractivity contribution in [1.82, 2.24) is 4.90 Å². The standard InChI is InChI=1S/C19H21BrN2O3/c1-3-14-8-4-6-10-16(14)21-18(23)12-22(2)19(24)13-25-17-11-7-5-9-15(17)20/h4-11H,3,12-13H2,1-2H3,(H,21,23). The third-order valence-corrected chi connectivity index (χ3v) is 4.32. The Morgan fingerprint density at radius 2 is 1.80 bits per heavy atom. The van der Waals surface area contributed by atoms with Crippen LogP contribution in [-0.4, -0.2) is 36.9 Å². The SMILES string of the molecule is CCc1ccccc1NC(=O)CN(C)C(=O)COc1ccccc1Br. The molecule has 5 nitrogen and oxygen atoms in total. The van der Waals surface area contributed by atoms with Gasteiger partial charge in [0.1, 0.15) is 5.75 Å². The molecule has 1 N–H and O–H groups in total. The first kappa shape index (κ1) is 19.0. The Kier molecular flexibility index (Phi) is 7.01. The fourth-order valence-electron chi connectivity index (χ4n) is 2.26. The van der Waals surface area contributed by atoms with Gasteiger partial charge in [-0.2, -0.15) is 0 Å². The highest BCUT2D eigenvalue weighted by Gasteiger charge is 2.15. The smallest absolute Gasteiger partial charge is 0.260 e. The number of ether oxygens (including phenoxy) is 1. The second-order valence-corrected chi connectivity index (χ2v) is 6.38. The van der Waals surface area contributed by atoms with Crippen molar-refractivity contribution in [3.8, 4) is 5.75 Å². The van der Waals surface area contributed by atoms with Crippen LogP contribution >= 0.6 is 15.9 Å². The first-order chi connectivity index (χ1) is 12.0. The highest BCUT2D eigenvalue weighted by molar-refractivity contribution is 9.10. The Balaban J connectivity index is 1.86. The molecule has 0 radical (unpaired) electrons. The Morgan fingerprint density at radius 3 is 2.52 bits per heavy atom. The molecule has 0 aliphatic carbocycles. The molecule has 0 saturated heterocycles. The van der Waals surface area contributed by atoms with Crippen LogP contribution in [0.3, 0.4) is 0 Å². The van der Waals surface area contributed by atoms with E-state index in [1.165, 1.54) is 4.90 Å². The van der Waals surface area contributed by atoms with Crippen LogP contribution in [0.4, 0.5) is 5.69 Å². The molecule has 2 aromatic carbocycles. The number of carbonyl (C=O) groups excluding carboxylic acids is 2. The third kappa shape index (κ3) is 5.60. The molecule has 0 aliphatic heterocycles. The summed E-state index contributed by atoms with van der Waals surface area (Å²) < 4.78 is 6.26. The van der Waals surface area contributed by atoms with E-state index in [1.807, 2.05) is 49.4 Å². The van der Waals surface area contributed by atoms with E-state index in [-0.39, 0.29) is 25.0 Å². The van der Waals surface area contributed by atoms with Crippen LogP contribution in [-0.2, 0) is 16.0 Å². The molecular weight excluding hydrogens is 384 g/mol. The Morgan fingerprint density at radius 1 is 1.12 bits per heavy atom. The summed E-state index contributed by atoms with van der Waals surface area (Å²) in [5.74, 6) is 0.0814. The molecular formula is C19H21BrN2O3. The molecule has 0 saturated carbocycles. The maximum Gasteiger partial charge on any atom is 0.260 e. The lowest BCUT2D eigenvalue weighted by molar-refractivity contribution is -0.135. The molecule has 0 aliphatic rings. The number of para-hydroxylation sites is 2. The van der Waals surface area contributed by atoms with Crippen LogP contribution in [0.2, 0.25) is 0 Å². The summed E-state index contributed by atoms with van der Waals surface area (Å²) in [6.07, 6.45) is 0.824. The average molecular weight is 405 g/mol. The number of hydrogen-bond acceptors (Lipinski definition) is 3. The highest BCUT2D eigenvalue weighted by atomic mass is 79.9. The number of carbonyl (C=O) groups is 2. The van der Waals surface area contributed by atoms with Crippen molar-refractivity contribution in [2.24, 2.45) is 0 Å². The van der Waals surface area contributed by atoms with E-state index in [2.05, 4.69) is 21.2 Å². The molecule has 0 bridgehead atoms. The summed E-state index contributed by atoms with van der Waals surface area (Å²) in [5.41, 5.74) is 1.84. The van der Waals surface area contributed by atoms with Gasteiger partial charge in [0.05, 0.1) is 11.0 Å². The van der Waals surface area contributed by atoms with Crippen LogP contribution in [0.15, 0.2) is 53.0 Å². The predicted octanol–water partition coefficient (Wildman–Crippen LogP) is 3.49. The van der Waals surface area contributed by atoms with Gasteiger partial charge in [0.25, 0.3) is 5.91 Å². The Bertz CT molecular complexity index is 749. The maximum absolute atomic E-state index is 12.2. The van der Waals surface area contributed by atoms with Gasteiger partial charge in [-0.25, -0.2) is 0 Å². The van der Waals surface area contributed by atoms with Crippen LogP contribution < -0.4 is 10.1 Å². The van der Waals surface area contributed by atoms with E-state index in [9.17, 15) is 9.59 Å². The topological polar surface area (TPSA) is 58.6 Å². The van der Waals surface area contributed by atoms with E-state index in [1.54, 1.807) is 13.1 Å². The number of halogens is 1. The molecule has 2 amide bonds. The van der Waals surface area contributed by atoms with E-state index >= 15 is 0 Å². The minimum atomic E-state index is -0.269. The number of amides is 2. The molecule has 0 heterocycles. The van der Waals surface area contributed by atoms with Gasteiger partial charge in [0.15, 0.2) is 6.61 Å². The van der Waals surface area contributed by atoms with Gasteiger partial charge in [-0.05, 0) is 46.1 Å². The Labute approximate surface area is 156 Å². The van der Waals surface area contributed by atoms with Crippen LogP contribution in [0.5, 0.6) is 5.75 Å². The Hall–Kier alpha value is -2.34. The summed E-state index contributed by atoms with van der Waals surface area (Å²) in [4.78, 5) is 25.7. The minimum absolute atomic E-state index is 0.0315. The van der Waals surface area contributed by atoms with Gasteiger partial charge < -0.3 is 15.0 Å². The van der Waals surface area contributed by atoms with Crippen LogP contribution in [0, 0.1) is 0 Å². The second kappa shape index (κ2) is 9.22. The highest BCUT2D eigenvalue weighted by Crippen LogP contribution is 2.23. The average Bonchev–Trinajstić information content (AvgIpc) is 2.61. The van der Waals surface area contributed by atoms with Gasteiger partial charge in [-0.3, -0.25) is 9.59 Å². The molecule has 0 aromatic heterocycles. The number of rotatable bonds is 7. The quantitative estimate of drug-likeness (QED) is 0.768. The summed E-state index contributed by atoms with van der Waals surface area (Å²) in [5, 5.41) is 2.85. The van der Waals surface area contributed by atoms with Crippen molar-refractivity contribution < 1.29 is 14.3 Å².